The van der Waals surface area contributed by atoms with Crippen LogP contribution in [0.25, 0.3) is 0 Å². The summed E-state index contributed by atoms with van der Waals surface area (Å²) in [5, 5.41) is 14.0. The smallest absolute Gasteiger partial charge is 0.153 e. The maximum Gasteiger partial charge on any atom is 0.153 e. The van der Waals surface area contributed by atoms with Gasteiger partial charge >= 0.3 is 0 Å². The summed E-state index contributed by atoms with van der Waals surface area (Å²) in [6, 6.07) is 0. The molecule has 0 aliphatic carbocycles. The number of hydrogen-bond donors (Lipinski definition) is 1. The third kappa shape index (κ3) is 1.97. The van der Waals surface area contributed by atoms with Crippen molar-refractivity contribution in [3.8, 4) is 0 Å². The van der Waals surface area contributed by atoms with Crippen LogP contribution in [0.2, 0.25) is 0 Å². The number of aliphatic hydroxyl groups excluding tert-OH is 1. The molecule has 3 rings (SSSR count). The van der Waals surface area contributed by atoms with Gasteiger partial charge in [0.1, 0.15) is 5.82 Å². The number of ether oxygens (including phenoxy) is 1. The number of hydrogen-bond acceptors (Lipinski definition) is 4. The van der Waals surface area contributed by atoms with E-state index in [0.29, 0.717) is 12.5 Å². The molecule has 0 amide bonds. The van der Waals surface area contributed by atoms with Crippen LogP contribution in [-0.4, -0.2) is 38.7 Å². The van der Waals surface area contributed by atoms with Crippen LogP contribution in [0, 0.1) is 0 Å². The van der Waals surface area contributed by atoms with Crippen LogP contribution in [0.1, 0.15) is 30.9 Å². The van der Waals surface area contributed by atoms with Crippen LogP contribution in [0.3, 0.4) is 0 Å². The number of aliphatic hydroxyl groups is 1. The van der Waals surface area contributed by atoms with E-state index >= 15 is 0 Å². The minimum Gasteiger partial charge on any atom is -0.393 e. The topological polar surface area (TPSA) is 60.2 Å². The van der Waals surface area contributed by atoms with Gasteiger partial charge in [0.05, 0.1) is 12.2 Å². The van der Waals surface area contributed by atoms with Gasteiger partial charge in [-0.05, 0) is 19.3 Å². The monoisotopic (exact) mass is 223 g/mol. The fraction of sp³-hybridized carbons (Fsp3) is 0.818. The van der Waals surface area contributed by atoms with E-state index in [0.717, 1.165) is 50.5 Å². The van der Waals surface area contributed by atoms with E-state index in [9.17, 15) is 5.11 Å². The van der Waals surface area contributed by atoms with Gasteiger partial charge in [-0.15, -0.1) is 0 Å². The van der Waals surface area contributed by atoms with Gasteiger partial charge in [-0.3, -0.25) is 0 Å². The lowest BCUT2D eigenvalue weighted by Crippen LogP contribution is -2.23. The van der Waals surface area contributed by atoms with E-state index < -0.39 is 0 Å². The Morgan fingerprint density at radius 2 is 2.38 bits per heavy atom. The van der Waals surface area contributed by atoms with Gasteiger partial charge in [0.2, 0.25) is 0 Å². The average molecular weight is 223 g/mol. The van der Waals surface area contributed by atoms with Crippen molar-refractivity contribution in [1.82, 2.24) is 14.8 Å². The molecule has 3 heterocycles. The Labute approximate surface area is 94.4 Å². The van der Waals surface area contributed by atoms with Crippen molar-refractivity contribution in [3.63, 3.8) is 0 Å². The Balaban J connectivity index is 1.71. The Bertz CT molecular complexity index is 371. The van der Waals surface area contributed by atoms with Gasteiger partial charge in [-0.25, -0.2) is 9.67 Å². The summed E-state index contributed by atoms with van der Waals surface area (Å²) in [5.74, 6) is 1.79. The highest BCUT2D eigenvalue weighted by Crippen LogP contribution is 2.18. The Kier molecular flexibility index (Phi) is 2.65. The predicted octanol–water partition coefficient (Wildman–Crippen LogP) is 0.307. The van der Waals surface area contributed by atoms with Crippen LogP contribution in [0.15, 0.2) is 0 Å². The average Bonchev–Trinajstić information content (AvgIpc) is 2.86. The van der Waals surface area contributed by atoms with Crippen molar-refractivity contribution in [2.45, 2.75) is 50.9 Å². The number of nitrogens with zero attached hydrogens (tertiary/aromatic N) is 3. The van der Waals surface area contributed by atoms with Crippen LogP contribution in [0.5, 0.6) is 0 Å². The van der Waals surface area contributed by atoms with Crippen LogP contribution in [-0.2, 0) is 24.1 Å². The molecule has 2 aliphatic rings. The number of aryl methyl sites for hydroxylation is 1. The molecule has 0 spiro atoms. The molecule has 2 aliphatic heterocycles. The molecule has 0 aromatic carbocycles. The molecule has 88 valence electrons. The first-order valence-corrected chi connectivity index (χ1v) is 6.03. The molecular formula is C11H17N3O2. The molecule has 0 saturated carbocycles. The summed E-state index contributed by atoms with van der Waals surface area (Å²) in [4.78, 5) is 4.48. The fourth-order valence-electron chi connectivity index (χ4n) is 2.44. The minimum atomic E-state index is -0.243. The largest absolute Gasteiger partial charge is 0.393 e. The van der Waals surface area contributed by atoms with E-state index in [1.165, 1.54) is 0 Å². The predicted molar refractivity (Wildman–Crippen MR) is 57.0 cm³/mol. The molecule has 5 heteroatoms. The lowest BCUT2D eigenvalue weighted by atomic mass is 10.1. The molecule has 0 bridgehead atoms. The summed E-state index contributed by atoms with van der Waals surface area (Å²) < 4.78 is 7.50. The normalized spacial score (nSPS) is 29.3. The van der Waals surface area contributed by atoms with E-state index in [1.807, 2.05) is 4.68 Å². The zero-order valence-electron chi connectivity index (χ0n) is 9.30. The fourth-order valence-corrected chi connectivity index (χ4v) is 2.44. The van der Waals surface area contributed by atoms with Gasteiger partial charge < -0.3 is 9.84 Å². The van der Waals surface area contributed by atoms with Gasteiger partial charge in [-0.2, -0.15) is 5.10 Å². The van der Waals surface area contributed by atoms with E-state index in [1.54, 1.807) is 0 Å². The van der Waals surface area contributed by atoms with Crippen LogP contribution in [0.4, 0.5) is 0 Å². The molecule has 0 radical (unpaired) electrons. The van der Waals surface area contributed by atoms with Crippen molar-refractivity contribution in [1.29, 1.82) is 0 Å². The van der Waals surface area contributed by atoms with Crippen molar-refractivity contribution in [2.24, 2.45) is 0 Å². The maximum absolute atomic E-state index is 9.54. The number of fused-ring (bicyclic) bond motifs is 1. The van der Waals surface area contributed by atoms with Crippen molar-refractivity contribution < 1.29 is 9.84 Å². The highest BCUT2D eigenvalue weighted by molar-refractivity contribution is 4.99. The maximum atomic E-state index is 9.54. The Morgan fingerprint density at radius 1 is 1.44 bits per heavy atom. The second-order valence-corrected chi connectivity index (χ2v) is 4.65. The molecule has 1 saturated heterocycles. The van der Waals surface area contributed by atoms with Crippen LogP contribution < -0.4 is 0 Å². The number of aromatic nitrogens is 3. The molecule has 1 fully saturated rings. The molecule has 1 aromatic heterocycles. The number of rotatable bonds is 2. The second kappa shape index (κ2) is 4.14. The summed E-state index contributed by atoms with van der Waals surface area (Å²) in [6.45, 7) is 1.66. The van der Waals surface area contributed by atoms with Gasteiger partial charge in [-0.1, -0.05) is 0 Å². The molecule has 1 aromatic rings. The SMILES string of the molecule is OC1CCn2nc(CC3CCCO3)nc2C1. The Morgan fingerprint density at radius 3 is 3.19 bits per heavy atom. The van der Waals surface area contributed by atoms with Gasteiger partial charge in [0.15, 0.2) is 5.82 Å². The first-order chi connectivity index (χ1) is 7.81. The summed E-state index contributed by atoms with van der Waals surface area (Å²) in [5.41, 5.74) is 0. The lowest BCUT2D eigenvalue weighted by molar-refractivity contribution is 0.110. The minimum absolute atomic E-state index is 0.243. The molecule has 5 nitrogen and oxygen atoms in total. The Hall–Kier alpha value is -0.940. The van der Waals surface area contributed by atoms with Crippen molar-refractivity contribution in [3.05, 3.63) is 11.6 Å². The first kappa shape index (κ1) is 10.2. The van der Waals surface area contributed by atoms with Crippen molar-refractivity contribution in [2.75, 3.05) is 6.61 Å². The highest BCUT2D eigenvalue weighted by Gasteiger charge is 2.23. The zero-order valence-corrected chi connectivity index (χ0v) is 9.30. The van der Waals surface area contributed by atoms with Crippen LogP contribution >= 0.6 is 0 Å². The molecular weight excluding hydrogens is 206 g/mol. The zero-order chi connectivity index (χ0) is 11.0. The summed E-state index contributed by atoms with van der Waals surface area (Å²) in [7, 11) is 0. The van der Waals surface area contributed by atoms with E-state index in [2.05, 4.69) is 10.1 Å². The van der Waals surface area contributed by atoms with E-state index in [-0.39, 0.29) is 6.10 Å². The van der Waals surface area contributed by atoms with Crippen molar-refractivity contribution >= 4 is 0 Å². The first-order valence-electron chi connectivity index (χ1n) is 6.03. The van der Waals surface area contributed by atoms with E-state index in [4.69, 9.17) is 4.74 Å². The van der Waals surface area contributed by atoms with Gasteiger partial charge in [0, 0.05) is 26.0 Å². The lowest BCUT2D eigenvalue weighted by Gasteiger charge is -2.16. The third-order valence-corrected chi connectivity index (χ3v) is 3.32. The molecule has 16 heavy (non-hydrogen) atoms. The highest BCUT2D eigenvalue weighted by atomic mass is 16.5. The second-order valence-electron chi connectivity index (χ2n) is 4.65. The molecule has 1 N–H and O–H groups in total. The standard InChI is InChI=1S/C11H17N3O2/c15-8-3-4-14-11(6-8)12-10(13-14)7-9-2-1-5-16-9/h8-9,15H,1-7H2. The summed E-state index contributed by atoms with van der Waals surface area (Å²) in [6.07, 6.45) is 4.56. The third-order valence-electron chi connectivity index (χ3n) is 3.32. The molecule has 2 unspecified atom stereocenters. The molecule has 2 atom stereocenters. The summed E-state index contributed by atoms with van der Waals surface area (Å²) >= 11 is 0. The van der Waals surface area contributed by atoms with Gasteiger partial charge in [0.25, 0.3) is 0 Å². The quantitative estimate of drug-likeness (QED) is 0.783.